The molecular formula is C15H19N3O2. The first-order chi connectivity index (χ1) is 9.58. The first-order valence-corrected chi connectivity index (χ1v) is 6.74. The Kier molecular flexibility index (Phi) is 4.72. The first kappa shape index (κ1) is 14.5. The number of carbonyl (C=O) groups is 1. The largest absolute Gasteiger partial charge is 0.480 e. The molecule has 1 saturated heterocycles. The summed E-state index contributed by atoms with van der Waals surface area (Å²) in [6, 6.07) is 7.92. The average molecular weight is 273 g/mol. The number of nitrogens with zero attached hydrogens (tertiary/aromatic N) is 3. The summed E-state index contributed by atoms with van der Waals surface area (Å²) in [7, 11) is 0. The highest BCUT2D eigenvalue weighted by atomic mass is 16.4. The monoisotopic (exact) mass is 273 g/mol. The van der Waals surface area contributed by atoms with Crippen molar-refractivity contribution in [3.8, 4) is 6.07 Å². The first-order valence-electron chi connectivity index (χ1n) is 6.74. The summed E-state index contributed by atoms with van der Waals surface area (Å²) in [6.07, 6.45) is 0. The van der Waals surface area contributed by atoms with Crippen LogP contribution in [-0.4, -0.2) is 53.6 Å². The van der Waals surface area contributed by atoms with Crippen molar-refractivity contribution in [1.82, 2.24) is 9.80 Å². The minimum atomic E-state index is -0.763. The number of carboxylic acids is 1. The van der Waals surface area contributed by atoms with E-state index in [-0.39, 0.29) is 6.54 Å². The number of benzene rings is 1. The maximum absolute atomic E-state index is 10.7. The van der Waals surface area contributed by atoms with Crippen molar-refractivity contribution in [1.29, 1.82) is 5.26 Å². The predicted molar refractivity (Wildman–Crippen MR) is 75.2 cm³/mol. The van der Waals surface area contributed by atoms with Crippen molar-refractivity contribution in [3.05, 3.63) is 34.9 Å². The van der Waals surface area contributed by atoms with Gasteiger partial charge in [0.05, 0.1) is 18.2 Å². The second-order valence-corrected chi connectivity index (χ2v) is 5.20. The molecule has 1 aliphatic rings. The van der Waals surface area contributed by atoms with Gasteiger partial charge in [-0.05, 0) is 30.2 Å². The Hall–Kier alpha value is -1.90. The molecule has 1 fully saturated rings. The van der Waals surface area contributed by atoms with Crippen molar-refractivity contribution in [2.75, 3.05) is 32.7 Å². The summed E-state index contributed by atoms with van der Waals surface area (Å²) in [6.45, 7) is 6.36. The summed E-state index contributed by atoms with van der Waals surface area (Å²) < 4.78 is 0. The smallest absolute Gasteiger partial charge is 0.317 e. The summed E-state index contributed by atoms with van der Waals surface area (Å²) in [5.41, 5.74) is 3.06. The highest BCUT2D eigenvalue weighted by Gasteiger charge is 2.19. The molecular weight excluding hydrogens is 254 g/mol. The van der Waals surface area contributed by atoms with Gasteiger partial charge >= 0.3 is 5.97 Å². The Bertz CT molecular complexity index is 528. The zero-order valence-electron chi connectivity index (χ0n) is 11.7. The molecule has 1 aliphatic heterocycles. The molecule has 5 heteroatoms. The number of nitriles is 1. The molecule has 1 N–H and O–H groups in total. The van der Waals surface area contributed by atoms with Crippen LogP contribution < -0.4 is 0 Å². The Labute approximate surface area is 119 Å². The van der Waals surface area contributed by atoms with Crippen molar-refractivity contribution >= 4 is 5.97 Å². The lowest BCUT2D eigenvalue weighted by molar-refractivity contribution is -0.138. The van der Waals surface area contributed by atoms with E-state index in [1.165, 1.54) is 5.56 Å². The number of hydrogen-bond donors (Lipinski definition) is 1. The SMILES string of the molecule is Cc1cc(C#N)ccc1CN1CCN(CC(=O)O)CC1. The van der Waals surface area contributed by atoms with Crippen LogP contribution in [0.2, 0.25) is 0 Å². The van der Waals surface area contributed by atoms with Crippen LogP contribution in [0.5, 0.6) is 0 Å². The van der Waals surface area contributed by atoms with Gasteiger partial charge in [-0.25, -0.2) is 0 Å². The van der Waals surface area contributed by atoms with Gasteiger partial charge in [0.25, 0.3) is 0 Å². The topological polar surface area (TPSA) is 67.6 Å². The molecule has 0 aliphatic carbocycles. The van der Waals surface area contributed by atoms with Gasteiger partial charge in [-0.3, -0.25) is 14.6 Å². The van der Waals surface area contributed by atoms with E-state index >= 15 is 0 Å². The Balaban J connectivity index is 1.90. The van der Waals surface area contributed by atoms with Gasteiger partial charge in [-0.1, -0.05) is 6.07 Å². The van der Waals surface area contributed by atoms with Gasteiger partial charge in [0.1, 0.15) is 0 Å². The van der Waals surface area contributed by atoms with Gasteiger partial charge < -0.3 is 5.11 Å². The van der Waals surface area contributed by atoms with Crippen LogP contribution in [0, 0.1) is 18.3 Å². The van der Waals surface area contributed by atoms with E-state index < -0.39 is 5.97 Å². The van der Waals surface area contributed by atoms with Crippen molar-refractivity contribution in [2.24, 2.45) is 0 Å². The molecule has 20 heavy (non-hydrogen) atoms. The second kappa shape index (κ2) is 6.51. The number of piperazine rings is 1. The lowest BCUT2D eigenvalue weighted by Gasteiger charge is -2.34. The maximum atomic E-state index is 10.7. The lowest BCUT2D eigenvalue weighted by atomic mass is 10.0. The third-order valence-electron chi connectivity index (χ3n) is 3.69. The second-order valence-electron chi connectivity index (χ2n) is 5.20. The van der Waals surface area contributed by atoms with E-state index in [1.807, 2.05) is 30.0 Å². The molecule has 0 amide bonds. The van der Waals surface area contributed by atoms with Gasteiger partial charge in [0.15, 0.2) is 0 Å². The van der Waals surface area contributed by atoms with E-state index in [0.717, 1.165) is 38.3 Å². The van der Waals surface area contributed by atoms with E-state index in [1.54, 1.807) is 0 Å². The molecule has 0 atom stereocenters. The molecule has 0 unspecified atom stereocenters. The van der Waals surface area contributed by atoms with Crippen molar-refractivity contribution < 1.29 is 9.90 Å². The molecule has 1 aromatic carbocycles. The van der Waals surface area contributed by atoms with Crippen LogP contribution in [-0.2, 0) is 11.3 Å². The Morgan fingerprint density at radius 2 is 1.95 bits per heavy atom. The number of carboxylic acid groups (broad SMARTS) is 1. The fraction of sp³-hybridized carbons (Fsp3) is 0.467. The number of aryl methyl sites for hydroxylation is 1. The standard InChI is InChI=1S/C15H19N3O2/c1-12-8-13(9-16)2-3-14(12)10-17-4-6-18(7-5-17)11-15(19)20/h2-3,8H,4-7,10-11H2,1H3,(H,19,20). The molecule has 0 bridgehead atoms. The van der Waals surface area contributed by atoms with E-state index in [4.69, 9.17) is 10.4 Å². The minimum Gasteiger partial charge on any atom is -0.480 e. The van der Waals surface area contributed by atoms with Gasteiger partial charge in [0, 0.05) is 32.7 Å². The molecule has 0 radical (unpaired) electrons. The van der Waals surface area contributed by atoms with Gasteiger partial charge in [0.2, 0.25) is 0 Å². The van der Waals surface area contributed by atoms with E-state index in [2.05, 4.69) is 11.0 Å². The van der Waals surface area contributed by atoms with Crippen LogP contribution in [0.1, 0.15) is 16.7 Å². The average Bonchev–Trinajstić information content (AvgIpc) is 2.42. The lowest BCUT2D eigenvalue weighted by Crippen LogP contribution is -2.47. The van der Waals surface area contributed by atoms with Crippen LogP contribution in [0.4, 0.5) is 0 Å². The summed E-state index contributed by atoms with van der Waals surface area (Å²) in [4.78, 5) is 15.0. The number of aliphatic carboxylic acids is 1. The molecule has 1 aromatic rings. The van der Waals surface area contributed by atoms with Crippen LogP contribution >= 0.6 is 0 Å². The molecule has 106 valence electrons. The van der Waals surface area contributed by atoms with Crippen molar-refractivity contribution in [3.63, 3.8) is 0 Å². The number of hydrogen-bond acceptors (Lipinski definition) is 4. The molecule has 5 nitrogen and oxygen atoms in total. The zero-order chi connectivity index (χ0) is 14.5. The molecule has 2 rings (SSSR count). The van der Waals surface area contributed by atoms with Gasteiger partial charge in [-0.15, -0.1) is 0 Å². The fourth-order valence-corrected chi connectivity index (χ4v) is 2.48. The van der Waals surface area contributed by atoms with Crippen LogP contribution in [0.15, 0.2) is 18.2 Å². The normalized spacial score (nSPS) is 16.8. The van der Waals surface area contributed by atoms with Gasteiger partial charge in [-0.2, -0.15) is 5.26 Å². The van der Waals surface area contributed by atoms with Crippen molar-refractivity contribution in [2.45, 2.75) is 13.5 Å². The molecule has 1 heterocycles. The van der Waals surface area contributed by atoms with E-state index in [9.17, 15) is 4.79 Å². The zero-order valence-corrected chi connectivity index (χ0v) is 11.7. The highest BCUT2D eigenvalue weighted by molar-refractivity contribution is 5.69. The highest BCUT2D eigenvalue weighted by Crippen LogP contribution is 2.14. The summed E-state index contributed by atoms with van der Waals surface area (Å²) >= 11 is 0. The fourth-order valence-electron chi connectivity index (χ4n) is 2.48. The third-order valence-corrected chi connectivity index (χ3v) is 3.69. The Morgan fingerprint density at radius 1 is 1.30 bits per heavy atom. The molecule has 0 aromatic heterocycles. The maximum Gasteiger partial charge on any atom is 0.317 e. The predicted octanol–water partition coefficient (Wildman–Crippen LogP) is 1.07. The Morgan fingerprint density at radius 3 is 2.50 bits per heavy atom. The van der Waals surface area contributed by atoms with E-state index in [0.29, 0.717) is 5.56 Å². The third kappa shape index (κ3) is 3.80. The molecule has 0 saturated carbocycles. The number of rotatable bonds is 4. The quantitative estimate of drug-likeness (QED) is 0.888. The van der Waals surface area contributed by atoms with Crippen LogP contribution in [0.25, 0.3) is 0 Å². The molecule has 0 spiro atoms. The van der Waals surface area contributed by atoms with Crippen LogP contribution in [0.3, 0.4) is 0 Å². The summed E-state index contributed by atoms with van der Waals surface area (Å²) in [5, 5.41) is 17.6. The summed E-state index contributed by atoms with van der Waals surface area (Å²) in [5.74, 6) is -0.763. The minimum absolute atomic E-state index is 0.129.